The van der Waals surface area contributed by atoms with Crippen molar-refractivity contribution in [3.63, 3.8) is 0 Å². The van der Waals surface area contributed by atoms with Gasteiger partial charge in [-0.15, -0.1) is 0 Å². The van der Waals surface area contributed by atoms with Gasteiger partial charge in [-0.3, -0.25) is 0 Å². The molecule has 1 aromatic rings. The zero-order valence-corrected chi connectivity index (χ0v) is 10.6. The summed E-state index contributed by atoms with van der Waals surface area (Å²) in [7, 11) is 1.68. The van der Waals surface area contributed by atoms with E-state index < -0.39 is 0 Å². The van der Waals surface area contributed by atoms with Crippen LogP contribution in [0, 0.1) is 0 Å². The standard InChI is InChI=1S/C11H17N3OS/c1-11(2,15-3)7-14-9-6-8(10(12)16)4-5-13-9/h4-6H,7H2,1-3H3,(H2,12,16)(H,13,14). The molecule has 4 nitrogen and oxygen atoms in total. The molecule has 0 fully saturated rings. The highest BCUT2D eigenvalue weighted by Gasteiger charge is 2.15. The fourth-order valence-corrected chi connectivity index (χ4v) is 1.18. The lowest BCUT2D eigenvalue weighted by molar-refractivity contribution is 0.0343. The summed E-state index contributed by atoms with van der Waals surface area (Å²) in [6, 6.07) is 3.61. The van der Waals surface area contributed by atoms with E-state index >= 15 is 0 Å². The third kappa shape index (κ3) is 3.75. The van der Waals surface area contributed by atoms with Gasteiger partial charge in [-0.2, -0.15) is 0 Å². The van der Waals surface area contributed by atoms with E-state index in [1.54, 1.807) is 19.4 Å². The summed E-state index contributed by atoms with van der Waals surface area (Å²) in [5.41, 5.74) is 6.11. The Labute approximate surface area is 101 Å². The van der Waals surface area contributed by atoms with Crippen LogP contribution in [0.3, 0.4) is 0 Å². The quantitative estimate of drug-likeness (QED) is 0.763. The van der Waals surface area contributed by atoms with Crippen molar-refractivity contribution in [2.24, 2.45) is 5.73 Å². The molecule has 0 aliphatic rings. The average Bonchev–Trinajstić information content (AvgIpc) is 2.27. The Morgan fingerprint density at radius 2 is 2.31 bits per heavy atom. The van der Waals surface area contributed by atoms with Crippen molar-refractivity contribution in [1.29, 1.82) is 0 Å². The highest BCUT2D eigenvalue weighted by molar-refractivity contribution is 7.80. The number of nitrogens with zero attached hydrogens (tertiary/aromatic N) is 1. The third-order valence-electron chi connectivity index (χ3n) is 2.29. The van der Waals surface area contributed by atoms with Gasteiger partial charge in [0.05, 0.1) is 5.60 Å². The lowest BCUT2D eigenvalue weighted by Gasteiger charge is -2.23. The van der Waals surface area contributed by atoms with Gasteiger partial charge < -0.3 is 15.8 Å². The summed E-state index contributed by atoms with van der Waals surface area (Å²) >= 11 is 4.90. The van der Waals surface area contributed by atoms with Crippen molar-refractivity contribution >= 4 is 23.0 Å². The van der Waals surface area contributed by atoms with Gasteiger partial charge in [-0.25, -0.2) is 4.98 Å². The summed E-state index contributed by atoms with van der Waals surface area (Å²) < 4.78 is 5.30. The molecule has 0 bridgehead atoms. The minimum Gasteiger partial charge on any atom is -0.389 e. The maximum Gasteiger partial charge on any atom is 0.126 e. The van der Waals surface area contributed by atoms with E-state index in [4.69, 9.17) is 22.7 Å². The van der Waals surface area contributed by atoms with Crippen molar-refractivity contribution in [2.75, 3.05) is 19.0 Å². The fourth-order valence-electron chi connectivity index (χ4n) is 1.06. The highest BCUT2D eigenvalue weighted by atomic mass is 32.1. The normalized spacial score (nSPS) is 11.2. The van der Waals surface area contributed by atoms with Crippen molar-refractivity contribution in [3.05, 3.63) is 23.9 Å². The van der Waals surface area contributed by atoms with Crippen LogP contribution in [-0.2, 0) is 4.74 Å². The second kappa shape index (κ2) is 5.23. The van der Waals surface area contributed by atoms with Gasteiger partial charge in [0.25, 0.3) is 0 Å². The van der Waals surface area contributed by atoms with E-state index in [1.807, 2.05) is 19.9 Å². The second-order valence-electron chi connectivity index (χ2n) is 4.11. The Bertz CT molecular complexity index is 379. The van der Waals surface area contributed by atoms with E-state index in [2.05, 4.69) is 10.3 Å². The number of ether oxygens (including phenoxy) is 1. The molecule has 0 aliphatic heterocycles. The molecule has 5 heteroatoms. The van der Waals surface area contributed by atoms with Crippen molar-refractivity contribution in [1.82, 2.24) is 4.98 Å². The zero-order valence-electron chi connectivity index (χ0n) is 9.78. The lowest BCUT2D eigenvalue weighted by atomic mass is 10.1. The van der Waals surface area contributed by atoms with Gasteiger partial charge in [-0.05, 0) is 26.0 Å². The van der Waals surface area contributed by atoms with Crippen LogP contribution in [0.1, 0.15) is 19.4 Å². The predicted octanol–water partition coefficient (Wildman–Crippen LogP) is 1.55. The number of hydrogen-bond acceptors (Lipinski definition) is 4. The Balaban J connectivity index is 2.68. The van der Waals surface area contributed by atoms with Crippen LogP contribution in [-0.4, -0.2) is 29.2 Å². The number of pyridine rings is 1. The molecule has 0 unspecified atom stereocenters. The number of methoxy groups -OCH3 is 1. The first kappa shape index (κ1) is 12.9. The Morgan fingerprint density at radius 3 is 2.88 bits per heavy atom. The molecule has 16 heavy (non-hydrogen) atoms. The third-order valence-corrected chi connectivity index (χ3v) is 2.53. The minimum absolute atomic E-state index is 0.235. The van der Waals surface area contributed by atoms with Gasteiger partial charge in [0.1, 0.15) is 10.8 Å². The number of thiocarbonyl (C=S) groups is 1. The summed E-state index contributed by atoms with van der Waals surface area (Å²) in [5, 5.41) is 3.18. The van der Waals surface area contributed by atoms with Gasteiger partial charge in [0.2, 0.25) is 0 Å². The molecule has 0 radical (unpaired) electrons. The number of anilines is 1. The lowest BCUT2D eigenvalue weighted by Crippen LogP contribution is -2.32. The van der Waals surface area contributed by atoms with E-state index in [1.165, 1.54) is 0 Å². The monoisotopic (exact) mass is 239 g/mol. The van der Waals surface area contributed by atoms with Crippen LogP contribution < -0.4 is 11.1 Å². The van der Waals surface area contributed by atoms with Crippen molar-refractivity contribution in [3.8, 4) is 0 Å². The number of nitrogens with one attached hydrogen (secondary N) is 1. The first-order valence-corrected chi connectivity index (χ1v) is 5.40. The van der Waals surface area contributed by atoms with Crippen LogP contribution in [0.4, 0.5) is 5.82 Å². The minimum atomic E-state index is -0.235. The van der Waals surface area contributed by atoms with Gasteiger partial charge >= 0.3 is 0 Å². The largest absolute Gasteiger partial charge is 0.389 e. The smallest absolute Gasteiger partial charge is 0.126 e. The van der Waals surface area contributed by atoms with E-state index in [0.29, 0.717) is 11.5 Å². The van der Waals surface area contributed by atoms with Gasteiger partial charge in [0, 0.05) is 25.4 Å². The maximum absolute atomic E-state index is 5.54. The number of hydrogen-bond donors (Lipinski definition) is 2. The summed E-state index contributed by atoms with van der Waals surface area (Å²) in [6.07, 6.45) is 1.68. The molecular weight excluding hydrogens is 222 g/mol. The zero-order chi connectivity index (χ0) is 12.2. The molecule has 0 saturated carbocycles. The number of nitrogens with two attached hydrogens (primary N) is 1. The molecule has 0 amide bonds. The second-order valence-corrected chi connectivity index (χ2v) is 4.55. The molecular formula is C11H17N3OS. The molecule has 88 valence electrons. The fraction of sp³-hybridized carbons (Fsp3) is 0.455. The molecule has 0 saturated heterocycles. The Morgan fingerprint density at radius 1 is 1.62 bits per heavy atom. The Kier molecular flexibility index (Phi) is 4.20. The summed E-state index contributed by atoms with van der Waals surface area (Å²) in [4.78, 5) is 4.55. The summed E-state index contributed by atoms with van der Waals surface area (Å²) in [6.45, 7) is 4.66. The molecule has 1 aromatic heterocycles. The van der Waals surface area contributed by atoms with Crippen LogP contribution in [0.15, 0.2) is 18.3 Å². The molecule has 1 heterocycles. The highest BCUT2D eigenvalue weighted by Crippen LogP contribution is 2.11. The topological polar surface area (TPSA) is 60.2 Å². The molecule has 3 N–H and O–H groups in total. The predicted molar refractivity (Wildman–Crippen MR) is 69.7 cm³/mol. The average molecular weight is 239 g/mol. The van der Waals surface area contributed by atoms with Crippen molar-refractivity contribution < 1.29 is 4.74 Å². The first-order chi connectivity index (χ1) is 7.44. The first-order valence-electron chi connectivity index (χ1n) is 4.99. The van der Waals surface area contributed by atoms with Gasteiger partial charge in [-0.1, -0.05) is 12.2 Å². The molecule has 0 aliphatic carbocycles. The molecule has 0 atom stereocenters. The van der Waals surface area contributed by atoms with Crippen LogP contribution in [0.2, 0.25) is 0 Å². The van der Waals surface area contributed by atoms with Crippen molar-refractivity contribution in [2.45, 2.75) is 19.4 Å². The van der Waals surface area contributed by atoms with Crippen LogP contribution in [0.5, 0.6) is 0 Å². The van der Waals surface area contributed by atoms with Gasteiger partial charge in [0.15, 0.2) is 0 Å². The Hall–Kier alpha value is -1.20. The molecule has 1 rings (SSSR count). The van der Waals surface area contributed by atoms with E-state index in [-0.39, 0.29) is 5.60 Å². The molecule has 0 spiro atoms. The molecule has 0 aromatic carbocycles. The van der Waals surface area contributed by atoms with Crippen LogP contribution >= 0.6 is 12.2 Å². The number of rotatable bonds is 5. The SMILES string of the molecule is COC(C)(C)CNc1cc(C(N)=S)ccn1. The maximum atomic E-state index is 5.54. The van der Waals surface area contributed by atoms with E-state index in [0.717, 1.165) is 11.4 Å². The van der Waals surface area contributed by atoms with E-state index in [9.17, 15) is 0 Å². The summed E-state index contributed by atoms with van der Waals surface area (Å²) in [5.74, 6) is 0.746. The number of aromatic nitrogens is 1. The van der Waals surface area contributed by atoms with Crippen LogP contribution in [0.25, 0.3) is 0 Å².